The molecule has 0 fully saturated rings. The Balaban J connectivity index is 2.79. The van der Waals surface area contributed by atoms with Gasteiger partial charge in [0.25, 0.3) is 0 Å². The second-order valence-corrected chi connectivity index (χ2v) is 7.65. The maximum absolute atomic E-state index is 12.5. The van der Waals surface area contributed by atoms with E-state index in [-0.39, 0.29) is 6.03 Å². The molecule has 2 amide bonds. The van der Waals surface area contributed by atoms with Crippen LogP contribution in [0.2, 0.25) is 0 Å². The lowest BCUT2D eigenvalue weighted by Crippen LogP contribution is -2.54. The molecule has 0 spiro atoms. The van der Waals surface area contributed by atoms with E-state index in [1.807, 2.05) is 6.20 Å². The van der Waals surface area contributed by atoms with Crippen LogP contribution in [0, 0.1) is 23.7 Å². The first kappa shape index (κ1) is 19.2. The second-order valence-electron chi connectivity index (χ2n) is 7.65. The van der Waals surface area contributed by atoms with Gasteiger partial charge in [0, 0.05) is 11.8 Å². The molecule has 1 aliphatic heterocycles. The molecule has 3 heteroatoms. The van der Waals surface area contributed by atoms with Gasteiger partial charge in [0.05, 0.1) is 19.3 Å². The molecule has 1 rings (SSSR count). The molecule has 1 aliphatic rings. The van der Waals surface area contributed by atoms with Crippen molar-refractivity contribution in [1.29, 1.82) is 0 Å². The number of hydrogen-bond acceptors (Lipinski definition) is 1. The smallest absolute Gasteiger partial charge is 0.276 e. The van der Waals surface area contributed by atoms with Gasteiger partial charge in [0.1, 0.15) is 6.20 Å². The molecule has 0 bridgehead atoms. The fourth-order valence-corrected chi connectivity index (χ4v) is 3.68. The zero-order valence-corrected chi connectivity index (χ0v) is 15.6. The van der Waals surface area contributed by atoms with Crippen LogP contribution in [0.1, 0.15) is 67.2 Å². The molecule has 0 aromatic rings. The molecule has 1 heterocycles. The van der Waals surface area contributed by atoms with E-state index in [0.29, 0.717) is 28.2 Å². The van der Waals surface area contributed by atoms with Crippen molar-refractivity contribution in [2.75, 3.05) is 13.1 Å². The molecule has 22 heavy (non-hydrogen) atoms. The number of amides is 2. The first-order valence-corrected chi connectivity index (χ1v) is 9.21. The summed E-state index contributed by atoms with van der Waals surface area (Å²) in [5, 5.41) is 2.92. The van der Waals surface area contributed by atoms with Gasteiger partial charge in [-0.25, -0.2) is 9.28 Å². The predicted octanol–water partition coefficient (Wildman–Crippen LogP) is 5.14. The van der Waals surface area contributed by atoms with Gasteiger partial charge in [-0.05, 0) is 11.8 Å². The first-order chi connectivity index (χ1) is 10.4. The highest BCUT2D eigenvalue weighted by atomic mass is 16.2. The van der Waals surface area contributed by atoms with Crippen LogP contribution in [0.5, 0.6) is 0 Å². The highest BCUT2D eigenvalue weighted by molar-refractivity contribution is 5.70. The average molecular weight is 310 g/mol. The van der Waals surface area contributed by atoms with Crippen molar-refractivity contribution in [1.82, 2.24) is 5.32 Å². The van der Waals surface area contributed by atoms with E-state index in [2.05, 4.69) is 53.1 Å². The third kappa shape index (κ3) is 4.84. The van der Waals surface area contributed by atoms with Crippen LogP contribution in [0.15, 0.2) is 12.4 Å². The molecule has 0 aromatic carbocycles. The Hall–Kier alpha value is -0.830. The lowest BCUT2D eigenvalue weighted by Gasteiger charge is -2.35. The van der Waals surface area contributed by atoms with Crippen LogP contribution >= 0.6 is 0 Å². The highest BCUT2D eigenvalue weighted by Gasteiger charge is 2.42. The largest absolute Gasteiger partial charge is 0.425 e. The van der Waals surface area contributed by atoms with Crippen molar-refractivity contribution < 1.29 is 9.28 Å². The maximum atomic E-state index is 12.5. The Morgan fingerprint density at radius 2 is 1.36 bits per heavy atom. The van der Waals surface area contributed by atoms with Crippen molar-refractivity contribution in [2.24, 2.45) is 23.7 Å². The standard InChI is InChI=1S/C19H36N2O/c1-7-9-15(3)17(5)13-21(12-11-20-19(21)22)14-18(6)16(4)10-8-2/h11-12,15-18H,7-10,13-14H2,1-6H3/p+1. The first-order valence-electron chi connectivity index (χ1n) is 9.21. The number of rotatable bonds is 10. The fraction of sp³-hybridized carbons (Fsp3) is 0.842. The van der Waals surface area contributed by atoms with Gasteiger partial charge in [-0.3, -0.25) is 5.32 Å². The van der Waals surface area contributed by atoms with Gasteiger partial charge in [-0.2, -0.15) is 0 Å². The van der Waals surface area contributed by atoms with Crippen LogP contribution in [0.4, 0.5) is 4.79 Å². The number of nitrogens with zero attached hydrogens (tertiary/aromatic N) is 1. The van der Waals surface area contributed by atoms with Crippen molar-refractivity contribution in [2.45, 2.75) is 67.2 Å². The summed E-state index contributed by atoms with van der Waals surface area (Å²) in [4.78, 5) is 12.5. The molecule has 0 aromatic heterocycles. The fourth-order valence-electron chi connectivity index (χ4n) is 3.68. The summed E-state index contributed by atoms with van der Waals surface area (Å²) in [7, 11) is 0. The van der Waals surface area contributed by atoms with Crippen LogP contribution in [-0.4, -0.2) is 23.6 Å². The number of nitrogens with one attached hydrogen (secondary N) is 1. The molecule has 0 aliphatic carbocycles. The minimum Gasteiger partial charge on any atom is -0.276 e. The number of urea groups is 1. The Morgan fingerprint density at radius 1 is 0.909 bits per heavy atom. The second kappa shape index (κ2) is 8.71. The molecule has 4 atom stereocenters. The molecular weight excluding hydrogens is 272 g/mol. The average Bonchev–Trinajstić information content (AvgIpc) is 2.80. The quantitative estimate of drug-likeness (QED) is 0.556. The summed E-state index contributed by atoms with van der Waals surface area (Å²) in [6, 6.07) is 0.158. The van der Waals surface area contributed by atoms with Crippen molar-refractivity contribution in [3.8, 4) is 0 Å². The molecule has 1 N–H and O–H groups in total. The van der Waals surface area contributed by atoms with Gasteiger partial charge >= 0.3 is 6.03 Å². The van der Waals surface area contributed by atoms with E-state index in [1.54, 1.807) is 0 Å². The molecule has 4 unspecified atom stereocenters. The Morgan fingerprint density at radius 3 is 1.68 bits per heavy atom. The van der Waals surface area contributed by atoms with Crippen LogP contribution in [-0.2, 0) is 0 Å². The molecular formula is C19H37N2O+. The zero-order valence-electron chi connectivity index (χ0n) is 15.6. The third-order valence-corrected chi connectivity index (χ3v) is 5.63. The molecule has 3 nitrogen and oxygen atoms in total. The Labute approximate surface area is 137 Å². The highest BCUT2D eigenvalue weighted by Crippen LogP contribution is 2.28. The van der Waals surface area contributed by atoms with E-state index < -0.39 is 0 Å². The lowest BCUT2D eigenvalue weighted by molar-refractivity contribution is -0.803. The van der Waals surface area contributed by atoms with Crippen LogP contribution in [0.25, 0.3) is 0 Å². The van der Waals surface area contributed by atoms with Crippen LogP contribution < -0.4 is 5.32 Å². The SMILES string of the molecule is CCCC(C)C(C)C[N+]1(CC(C)C(C)CCC)C=CNC1=O. The maximum Gasteiger partial charge on any atom is 0.425 e. The summed E-state index contributed by atoms with van der Waals surface area (Å²) in [6.45, 7) is 15.6. The van der Waals surface area contributed by atoms with Gasteiger partial charge in [0.2, 0.25) is 0 Å². The number of hydrogen-bond donors (Lipinski definition) is 1. The van der Waals surface area contributed by atoms with Gasteiger partial charge in [-0.1, -0.05) is 67.2 Å². The topological polar surface area (TPSA) is 29.1 Å². The number of carbonyl (C=O) groups is 1. The van der Waals surface area contributed by atoms with Crippen LogP contribution in [0.3, 0.4) is 0 Å². The van der Waals surface area contributed by atoms with Gasteiger partial charge in [-0.15, -0.1) is 0 Å². The van der Waals surface area contributed by atoms with Gasteiger partial charge in [0.15, 0.2) is 0 Å². The summed E-state index contributed by atoms with van der Waals surface area (Å²) < 4.78 is 0.491. The monoisotopic (exact) mass is 309 g/mol. The van der Waals surface area contributed by atoms with Crippen molar-refractivity contribution in [3.05, 3.63) is 12.4 Å². The lowest BCUT2D eigenvalue weighted by atomic mass is 9.88. The van der Waals surface area contributed by atoms with E-state index in [9.17, 15) is 4.79 Å². The van der Waals surface area contributed by atoms with Crippen molar-refractivity contribution in [3.63, 3.8) is 0 Å². The molecule has 0 radical (unpaired) electrons. The molecule has 0 saturated carbocycles. The van der Waals surface area contributed by atoms with Gasteiger partial charge < -0.3 is 0 Å². The van der Waals surface area contributed by atoms with E-state index >= 15 is 0 Å². The van der Waals surface area contributed by atoms with Crippen molar-refractivity contribution >= 4 is 6.03 Å². The number of carbonyl (C=O) groups excluding carboxylic acids is 1. The molecule has 128 valence electrons. The summed E-state index contributed by atoms with van der Waals surface area (Å²) in [5.41, 5.74) is 0. The van der Waals surface area contributed by atoms with E-state index in [4.69, 9.17) is 0 Å². The van der Waals surface area contributed by atoms with E-state index in [1.165, 1.54) is 25.7 Å². The summed E-state index contributed by atoms with van der Waals surface area (Å²) in [6.07, 6.45) is 8.86. The third-order valence-electron chi connectivity index (χ3n) is 5.63. The Bertz CT molecular complexity index is 358. The Kier molecular flexibility index (Phi) is 7.61. The minimum absolute atomic E-state index is 0.158. The van der Waals surface area contributed by atoms with E-state index in [0.717, 1.165) is 13.1 Å². The molecule has 0 saturated heterocycles. The minimum atomic E-state index is 0.158. The normalized spacial score (nSPS) is 26.5. The summed E-state index contributed by atoms with van der Waals surface area (Å²) >= 11 is 0. The predicted molar refractivity (Wildman–Crippen MR) is 94.1 cm³/mol. The zero-order chi connectivity index (χ0) is 16.8. The number of quaternary nitrogens is 1. The summed E-state index contributed by atoms with van der Waals surface area (Å²) in [5.74, 6) is 2.46.